The highest BCUT2D eigenvalue weighted by molar-refractivity contribution is 5.86. The van der Waals surface area contributed by atoms with E-state index in [2.05, 4.69) is 0 Å². The molecule has 3 saturated heterocycles. The summed E-state index contributed by atoms with van der Waals surface area (Å²) in [6.45, 7) is 16.8. The van der Waals surface area contributed by atoms with Crippen LogP contribution in [0.15, 0.2) is 0 Å². The number of aliphatic hydroxyl groups is 5. The number of carbonyl (C=O) groups is 1. The van der Waals surface area contributed by atoms with E-state index < -0.39 is 102 Å². The molecule has 0 aromatic heterocycles. The van der Waals surface area contributed by atoms with Gasteiger partial charge < -0.3 is 64.3 Å². The second-order valence-electron chi connectivity index (χ2n) is 16.5. The Balaban J connectivity index is 2.18. The van der Waals surface area contributed by atoms with Crippen molar-refractivity contribution in [2.75, 3.05) is 21.2 Å². The topological polar surface area (TPSA) is 201 Å². The van der Waals surface area contributed by atoms with Crippen molar-refractivity contribution < 1.29 is 58.7 Å². The molecule has 0 aliphatic carbocycles. The summed E-state index contributed by atoms with van der Waals surface area (Å²) in [5, 5.41) is 66.9. The second-order valence-corrected chi connectivity index (χ2v) is 16.5. The van der Waals surface area contributed by atoms with Gasteiger partial charge in [0.1, 0.15) is 23.9 Å². The first-order chi connectivity index (χ1) is 23.4. The summed E-state index contributed by atoms with van der Waals surface area (Å²) >= 11 is 0. The zero-order valence-corrected chi connectivity index (χ0v) is 33.0. The van der Waals surface area contributed by atoms with Crippen LogP contribution in [0.2, 0.25) is 0 Å². The van der Waals surface area contributed by atoms with Crippen molar-refractivity contribution in [2.24, 2.45) is 23.7 Å². The number of aliphatic hydroxyl groups excluding tert-OH is 3. The highest BCUT2D eigenvalue weighted by Gasteiger charge is 2.53. The molecular weight excluding hydrogens is 664 g/mol. The Bertz CT molecular complexity index is 1170. The lowest BCUT2D eigenvalue weighted by atomic mass is 9.73. The number of hydrogen-bond donors (Lipinski definition) is 6. The lowest BCUT2D eigenvalue weighted by Crippen LogP contribution is -2.61. The van der Waals surface area contributed by atoms with Crippen molar-refractivity contribution in [1.29, 1.82) is 5.41 Å². The molecule has 0 aromatic carbocycles. The fraction of sp³-hybridized carbons (Fsp3) is 0.946. The third-order valence-corrected chi connectivity index (χ3v) is 11.9. The number of hydrogen-bond acceptors (Lipinski definition) is 14. The Kier molecular flexibility index (Phi) is 14.7. The van der Waals surface area contributed by atoms with Gasteiger partial charge in [-0.25, -0.2) is 0 Å². The van der Waals surface area contributed by atoms with Crippen LogP contribution in [0.25, 0.3) is 0 Å². The Morgan fingerprint density at radius 2 is 1.53 bits per heavy atom. The van der Waals surface area contributed by atoms with E-state index in [1.54, 1.807) is 55.4 Å². The van der Waals surface area contributed by atoms with E-state index in [1.165, 1.54) is 14.0 Å². The lowest BCUT2D eigenvalue weighted by molar-refractivity contribution is -0.317. The first-order valence-electron chi connectivity index (χ1n) is 18.5. The standard InChI is InChI=1S/C37H68N2O12/c1-14-25-37(10,45)30(41)20(4)27(38)18(2)16-35(8,44)32(51-34-28(40)24(39(11)12)15-19(3)47-34)21(5)29(22(6)33(43)49-25)50-26-17-36(9,46-13)31(42)23(7)48-26/h18-26,28-32,34,38,40-42,44-45H,14-17H2,1-13H3/t18-,19+,20?,21+,22+,23+,24-,25+,26?,28+,29+,30+,31+,32-,34?,35?,36-,37-/m0/s1. The number of nitrogens with zero attached hydrogens (tertiary/aromatic N) is 1. The van der Waals surface area contributed by atoms with Crippen molar-refractivity contribution in [1.82, 2.24) is 4.90 Å². The van der Waals surface area contributed by atoms with Crippen molar-refractivity contribution in [3.05, 3.63) is 0 Å². The molecule has 4 unspecified atom stereocenters. The summed E-state index contributed by atoms with van der Waals surface area (Å²) in [4.78, 5) is 16.0. The minimum absolute atomic E-state index is 0.0107. The summed E-state index contributed by atoms with van der Waals surface area (Å²) in [6, 6.07) is -0.304. The zero-order chi connectivity index (χ0) is 39.0. The Labute approximate surface area is 304 Å². The molecule has 3 aliphatic rings. The molecule has 6 N–H and O–H groups in total. The summed E-state index contributed by atoms with van der Waals surface area (Å²) in [6.07, 6.45) is -9.12. The summed E-state index contributed by atoms with van der Waals surface area (Å²) in [7, 11) is 5.21. The number of esters is 1. The van der Waals surface area contributed by atoms with E-state index in [9.17, 15) is 30.3 Å². The molecule has 0 amide bonds. The van der Waals surface area contributed by atoms with Crippen LogP contribution in [0.1, 0.15) is 94.9 Å². The number of cyclic esters (lactones) is 1. The molecule has 3 rings (SSSR count). The van der Waals surface area contributed by atoms with Gasteiger partial charge in [0.25, 0.3) is 0 Å². The molecule has 0 aromatic rings. The number of nitrogens with one attached hydrogen (secondary N) is 1. The van der Waals surface area contributed by atoms with Crippen LogP contribution >= 0.6 is 0 Å². The molecule has 0 saturated carbocycles. The molecule has 0 spiro atoms. The molecule has 14 heteroatoms. The second kappa shape index (κ2) is 17.0. The van der Waals surface area contributed by atoms with Crippen LogP contribution in [0, 0.1) is 29.1 Å². The van der Waals surface area contributed by atoms with Gasteiger partial charge in [0.05, 0.1) is 47.6 Å². The molecule has 3 heterocycles. The van der Waals surface area contributed by atoms with E-state index >= 15 is 0 Å². The van der Waals surface area contributed by atoms with Crippen LogP contribution in [0.5, 0.6) is 0 Å². The summed E-state index contributed by atoms with van der Waals surface area (Å²) in [5.74, 6) is -4.02. The number of rotatable bonds is 7. The highest BCUT2D eigenvalue weighted by Crippen LogP contribution is 2.40. The van der Waals surface area contributed by atoms with E-state index in [4.69, 9.17) is 33.8 Å². The van der Waals surface area contributed by atoms with Gasteiger partial charge in [-0.2, -0.15) is 0 Å². The Hall–Kier alpha value is -1.30. The lowest BCUT2D eigenvalue weighted by Gasteiger charge is -2.49. The largest absolute Gasteiger partial charge is 0.459 e. The quantitative estimate of drug-likeness (QED) is 0.209. The molecule has 0 bridgehead atoms. The molecule has 18 atom stereocenters. The first-order valence-corrected chi connectivity index (χ1v) is 18.5. The maximum atomic E-state index is 14.1. The normalized spacial score (nSPS) is 49.7. The van der Waals surface area contributed by atoms with E-state index in [0.29, 0.717) is 6.42 Å². The average Bonchev–Trinajstić information content (AvgIpc) is 3.05. The number of likely N-dealkylation sites (N-methyl/N-ethyl adjacent to an activating group) is 1. The summed E-state index contributed by atoms with van der Waals surface area (Å²) in [5.41, 5.74) is -4.58. The van der Waals surface area contributed by atoms with E-state index in [0.717, 1.165) is 0 Å². The van der Waals surface area contributed by atoms with Crippen LogP contribution in [-0.4, -0.2) is 148 Å². The number of carbonyl (C=O) groups excluding carboxylic acids is 1. The van der Waals surface area contributed by atoms with Gasteiger partial charge in [0.15, 0.2) is 12.6 Å². The third-order valence-electron chi connectivity index (χ3n) is 11.9. The van der Waals surface area contributed by atoms with Gasteiger partial charge >= 0.3 is 5.97 Å². The van der Waals surface area contributed by atoms with Crippen LogP contribution in [-0.2, 0) is 33.2 Å². The van der Waals surface area contributed by atoms with Crippen molar-refractivity contribution in [3.8, 4) is 0 Å². The Morgan fingerprint density at radius 3 is 2.08 bits per heavy atom. The van der Waals surface area contributed by atoms with Gasteiger partial charge in [-0.1, -0.05) is 27.7 Å². The first kappa shape index (κ1) is 44.1. The summed E-state index contributed by atoms with van der Waals surface area (Å²) < 4.78 is 37.2. The minimum Gasteiger partial charge on any atom is -0.459 e. The molecule has 298 valence electrons. The molecule has 0 radical (unpaired) electrons. The smallest absolute Gasteiger partial charge is 0.311 e. The monoisotopic (exact) mass is 732 g/mol. The minimum atomic E-state index is -1.91. The fourth-order valence-corrected chi connectivity index (χ4v) is 8.43. The van der Waals surface area contributed by atoms with Gasteiger partial charge in [0, 0.05) is 37.1 Å². The molecular formula is C37H68N2O12. The van der Waals surface area contributed by atoms with Crippen LogP contribution in [0.3, 0.4) is 0 Å². The number of ether oxygens (including phenoxy) is 6. The van der Waals surface area contributed by atoms with Crippen molar-refractivity contribution in [2.45, 2.75) is 179 Å². The van der Waals surface area contributed by atoms with Gasteiger partial charge in [-0.15, -0.1) is 0 Å². The predicted molar refractivity (Wildman–Crippen MR) is 189 cm³/mol. The predicted octanol–water partition coefficient (Wildman–Crippen LogP) is 2.24. The van der Waals surface area contributed by atoms with Gasteiger partial charge in [-0.05, 0) is 80.8 Å². The average molecular weight is 733 g/mol. The fourth-order valence-electron chi connectivity index (χ4n) is 8.43. The zero-order valence-electron chi connectivity index (χ0n) is 33.0. The molecule has 51 heavy (non-hydrogen) atoms. The Morgan fingerprint density at radius 1 is 0.922 bits per heavy atom. The molecule has 14 nitrogen and oxygen atoms in total. The van der Waals surface area contributed by atoms with E-state index in [1.807, 2.05) is 25.9 Å². The molecule has 3 fully saturated rings. The molecule has 3 aliphatic heterocycles. The highest BCUT2D eigenvalue weighted by atomic mass is 16.7. The van der Waals surface area contributed by atoms with Crippen LogP contribution < -0.4 is 0 Å². The van der Waals surface area contributed by atoms with Crippen molar-refractivity contribution in [3.63, 3.8) is 0 Å². The van der Waals surface area contributed by atoms with Crippen molar-refractivity contribution >= 4 is 11.7 Å². The maximum absolute atomic E-state index is 14.1. The SMILES string of the molecule is CC[C@H]1OC(=O)[C@H](C)[C@H](OC2C[C@](C)(OC)[C@H](O)[C@@H](C)O2)[C@@H](C)[C@H](OC2O[C@H](C)C[C@H](N(C)C)[C@H]2O)C(C)(O)C[C@H](C)C(=N)C(C)[C@@H](O)[C@@]1(C)O. The maximum Gasteiger partial charge on any atom is 0.311 e. The van der Waals surface area contributed by atoms with Gasteiger partial charge in [-0.3, -0.25) is 4.79 Å². The van der Waals surface area contributed by atoms with E-state index in [-0.39, 0.29) is 37.1 Å². The number of methoxy groups -OCH3 is 1. The third kappa shape index (κ3) is 9.51. The van der Waals surface area contributed by atoms with Gasteiger partial charge in [0.2, 0.25) is 0 Å². The van der Waals surface area contributed by atoms with Crippen LogP contribution in [0.4, 0.5) is 0 Å².